The van der Waals surface area contributed by atoms with Crippen LogP contribution in [0.1, 0.15) is 25.2 Å². The van der Waals surface area contributed by atoms with E-state index in [4.69, 9.17) is 26.6 Å². The molecule has 2 aromatic rings. The molecule has 0 fully saturated rings. The summed E-state index contributed by atoms with van der Waals surface area (Å²) in [5, 5.41) is 3.33. The molecule has 2 N–H and O–H groups in total. The lowest BCUT2D eigenvalue weighted by molar-refractivity contribution is 0.119. The molecule has 0 bridgehead atoms. The number of hydrogen-bond acceptors (Lipinski definition) is 5. The SMILES string of the molecule is CCCOCC(N)c1noc(-c2cc(F)c(Cl)cc2F)n1. The van der Waals surface area contributed by atoms with Gasteiger partial charge in [0.2, 0.25) is 0 Å². The van der Waals surface area contributed by atoms with Crippen LogP contribution < -0.4 is 5.73 Å². The fourth-order valence-corrected chi connectivity index (χ4v) is 1.76. The van der Waals surface area contributed by atoms with Crippen LogP contribution in [0.5, 0.6) is 0 Å². The number of hydrogen-bond donors (Lipinski definition) is 1. The first kappa shape index (κ1) is 15.8. The summed E-state index contributed by atoms with van der Waals surface area (Å²) in [5.41, 5.74) is 5.65. The number of benzene rings is 1. The van der Waals surface area contributed by atoms with Gasteiger partial charge in [-0.15, -0.1) is 0 Å². The Morgan fingerprint density at radius 1 is 1.38 bits per heavy atom. The number of nitrogens with zero attached hydrogens (tertiary/aromatic N) is 2. The summed E-state index contributed by atoms with van der Waals surface area (Å²) in [5.74, 6) is -1.53. The van der Waals surface area contributed by atoms with Crippen molar-refractivity contribution in [2.24, 2.45) is 5.73 Å². The van der Waals surface area contributed by atoms with E-state index in [1.807, 2.05) is 6.92 Å². The molecule has 2 rings (SSSR count). The van der Waals surface area contributed by atoms with Crippen molar-refractivity contribution in [1.82, 2.24) is 10.1 Å². The van der Waals surface area contributed by atoms with Gasteiger partial charge in [-0.1, -0.05) is 23.7 Å². The Bertz CT molecular complexity index is 621. The van der Waals surface area contributed by atoms with Crippen molar-refractivity contribution in [3.8, 4) is 11.5 Å². The lowest BCUT2D eigenvalue weighted by Gasteiger charge is -2.06. The van der Waals surface area contributed by atoms with Gasteiger partial charge in [0, 0.05) is 6.61 Å². The predicted octanol–water partition coefficient (Wildman–Crippen LogP) is 3.09. The molecule has 0 aliphatic rings. The van der Waals surface area contributed by atoms with Crippen LogP contribution in [0.3, 0.4) is 0 Å². The van der Waals surface area contributed by atoms with E-state index in [1.165, 1.54) is 0 Å². The van der Waals surface area contributed by atoms with Gasteiger partial charge in [-0.2, -0.15) is 4.98 Å². The summed E-state index contributed by atoms with van der Waals surface area (Å²) >= 11 is 5.48. The van der Waals surface area contributed by atoms with E-state index in [9.17, 15) is 8.78 Å². The first-order chi connectivity index (χ1) is 10.0. The van der Waals surface area contributed by atoms with Crippen LogP contribution in [0.2, 0.25) is 5.02 Å². The maximum Gasteiger partial charge on any atom is 0.261 e. The van der Waals surface area contributed by atoms with Crippen LogP contribution in [0.4, 0.5) is 8.78 Å². The van der Waals surface area contributed by atoms with Crippen molar-refractivity contribution in [3.63, 3.8) is 0 Å². The molecule has 0 aliphatic heterocycles. The Balaban J connectivity index is 2.18. The minimum Gasteiger partial charge on any atom is -0.379 e. The third kappa shape index (κ3) is 3.75. The van der Waals surface area contributed by atoms with Crippen LogP contribution in [0.25, 0.3) is 11.5 Å². The molecule has 1 heterocycles. The van der Waals surface area contributed by atoms with Crippen molar-refractivity contribution in [2.75, 3.05) is 13.2 Å². The summed E-state index contributed by atoms with van der Waals surface area (Å²) in [7, 11) is 0. The number of ether oxygens (including phenoxy) is 1. The normalized spacial score (nSPS) is 12.6. The molecule has 21 heavy (non-hydrogen) atoms. The standard InChI is InChI=1S/C13H14ClF2N3O2/c1-2-3-20-6-11(17)12-18-13(21-19-12)7-4-10(16)8(14)5-9(7)15/h4-5,11H,2-3,6,17H2,1H3. The Hall–Kier alpha value is -1.57. The van der Waals surface area contributed by atoms with E-state index in [0.717, 1.165) is 18.6 Å². The highest BCUT2D eigenvalue weighted by Gasteiger charge is 2.19. The van der Waals surface area contributed by atoms with Gasteiger partial charge in [0.1, 0.15) is 11.6 Å². The zero-order valence-corrected chi connectivity index (χ0v) is 12.0. The summed E-state index contributed by atoms with van der Waals surface area (Å²) in [6.45, 7) is 2.75. The Morgan fingerprint density at radius 3 is 2.86 bits per heavy atom. The van der Waals surface area contributed by atoms with E-state index in [0.29, 0.717) is 6.61 Å². The lowest BCUT2D eigenvalue weighted by Crippen LogP contribution is -2.18. The molecule has 1 unspecified atom stereocenters. The second kappa shape index (κ2) is 6.93. The van der Waals surface area contributed by atoms with Gasteiger partial charge < -0.3 is 15.0 Å². The second-order valence-electron chi connectivity index (χ2n) is 4.39. The molecule has 0 radical (unpaired) electrons. The van der Waals surface area contributed by atoms with Crippen molar-refractivity contribution in [1.29, 1.82) is 0 Å². The van der Waals surface area contributed by atoms with Gasteiger partial charge in [0.25, 0.3) is 5.89 Å². The molecular weight excluding hydrogens is 304 g/mol. The van der Waals surface area contributed by atoms with Gasteiger partial charge in [0.15, 0.2) is 5.82 Å². The van der Waals surface area contributed by atoms with Gasteiger partial charge in [-0.25, -0.2) is 8.78 Å². The molecule has 0 aliphatic carbocycles. The van der Waals surface area contributed by atoms with Crippen molar-refractivity contribution in [2.45, 2.75) is 19.4 Å². The average Bonchev–Trinajstić information content (AvgIpc) is 2.92. The van der Waals surface area contributed by atoms with E-state index < -0.39 is 17.7 Å². The average molecular weight is 318 g/mol. The molecule has 1 aromatic carbocycles. The maximum atomic E-state index is 13.7. The Kier molecular flexibility index (Phi) is 5.22. The van der Waals surface area contributed by atoms with Crippen molar-refractivity contribution >= 4 is 11.6 Å². The molecular formula is C13H14ClF2N3O2. The highest BCUT2D eigenvalue weighted by atomic mass is 35.5. The van der Waals surface area contributed by atoms with Crippen LogP contribution in [0.15, 0.2) is 16.7 Å². The van der Waals surface area contributed by atoms with Crippen molar-refractivity contribution < 1.29 is 18.0 Å². The first-order valence-corrected chi connectivity index (χ1v) is 6.72. The number of nitrogens with two attached hydrogens (primary N) is 1. The second-order valence-corrected chi connectivity index (χ2v) is 4.79. The summed E-state index contributed by atoms with van der Waals surface area (Å²) in [4.78, 5) is 3.96. The van der Waals surface area contributed by atoms with E-state index in [2.05, 4.69) is 10.1 Å². The van der Waals surface area contributed by atoms with E-state index in [-0.39, 0.29) is 28.9 Å². The maximum absolute atomic E-state index is 13.7. The molecule has 0 amide bonds. The smallest absolute Gasteiger partial charge is 0.261 e. The fraction of sp³-hybridized carbons (Fsp3) is 0.385. The molecule has 5 nitrogen and oxygen atoms in total. The zero-order valence-electron chi connectivity index (χ0n) is 11.3. The zero-order chi connectivity index (χ0) is 15.4. The van der Waals surface area contributed by atoms with Crippen LogP contribution in [-0.4, -0.2) is 23.4 Å². The van der Waals surface area contributed by atoms with Gasteiger partial charge in [-0.05, 0) is 18.6 Å². The minimum atomic E-state index is -0.775. The quantitative estimate of drug-likeness (QED) is 0.654. The largest absolute Gasteiger partial charge is 0.379 e. The van der Waals surface area contributed by atoms with E-state index in [1.54, 1.807) is 0 Å². The van der Waals surface area contributed by atoms with Gasteiger partial charge in [-0.3, -0.25) is 0 Å². The summed E-state index contributed by atoms with van der Waals surface area (Å²) in [6.07, 6.45) is 0.861. The molecule has 114 valence electrons. The molecule has 1 atom stereocenters. The molecule has 1 aromatic heterocycles. The fourth-order valence-electron chi connectivity index (χ4n) is 1.61. The molecule has 8 heteroatoms. The van der Waals surface area contributed by atoms with Gasteiger partial charge in [0.05, 0.1) is 23.2 Å². The van der Waals surface area contributed by atoms with Crippen LogP contribution >= 0.6 is 11.6 Å². The van der Waals surface area contributed by atoms with Crippen molar-refractivity contribution in [3.05, 3.63) is 34.6 Å². The van der Waals surface area contributed by atoms with Crippen LogP contribution in [0, 0.1) is 11.6 Å². The van der Waals surface area contributed by atoms with Gasteiger partial charge >= 0.3 is 0 Å². The highest BCUT2D eigenvalue weighted by Crippen LogP contribution is 2.27. The monoisotopic (exact) mass is 317 g/mol. The third-order valence-electron chi connectivity index (χ3n) is 2.66. The Morgan fingerprint density at radius 2 is 2.14 bits per heavy atom. The Labute approximate surface area is 125 Å². The highest BCUT2D eigenvalue weighted by molar-refractivity contribution is 6.30. The topological polar surface area (TPSA) is 74.2 Å². The third-order valence-corrected chi connectivity index (χ3v) is 2.95. The summed E-state index contributed by atoms with van der Waals surface area (Å²) in [6, 6.07) is 1.14. The predicted molar refractivity (Wildman–Crippen MR) is 72.7 cm³/mol. The lowest BCUT2D eigenvalue weighted by atomic mass is 10.2. The van der Waals surface area contributed by atoms with Crippen LogP contribution in [-0.2, 0) is 4.74 Å². The molecule has 0 saturated carbocycles. The number of rotatable bonds is 6. The summed E-state index contributed by atoms with van der Waals surface area (Å²) < 4.78 is 37.3. The molecule has 0 saturated heterocycles. The minimum absolute atomic E-state index is 0.163. The van der Waals surface area contributed by atoms with E-state index >= 15 is 0 Å². The number of halogens is 3. The number of aromatic nitrogens is 2. The molecule has 0 spiro atoms. The first-order valence-electron chi connectivity index (χ1n) is 6.34.